The van der Waals surface area contributed by atoms with Gasteiger partial charge in [0.05, 0.1) is 0 Å². The Hall–Kier alpha value is -5.34. The van der Waals surface area contributed by atoms with Crippen molar-refractivity contribution in [1.82, 2.24) is 0 Å². The van der Waals surface area contributed by atoms with Gasteiger partial charge < -0.3 is 9.32 Å². The zero-order valence-electron chi connectivity index (χ0n) is 24.1. The predicted octanol–water partition coefficient (Wildman–Crippen LogP) is 11.7. The summed E-state index contributed by atoms with van der Waals surface area (Å²) in [6.07, 6.45) is 0. The van der Waals surface area contributed by atoms with Crippen LogP contribution in [0, 0.1) is 0 Å². The average molecular weight is 552 g/mol. The largest absolute Gasteiger partial charge is 0.456 e. The highest BCUT2D eigenvalue weighted by Crippen LogP contribution is 2.50. The van der Waals surface area contributed by atoms with Crippen LogP contribution in [0.1, 0.15) is 25.0 Å². The average Bonchev–Trinajstić information content (AvgIpc) is 3.52. The van der Waals surface area contributed by atoms with Crippen molar-refractivity contribution in [2.75, 3.05) is 4.90 Å². The van der Waals surface area contributed by atoms with Crippen molar-refractivity contribution in [3.8, 4) is 11.1 Å². The van der Waals surface area contributed by atoms with Gasteiger partial charge in [0.15, 0.2) is 0 Å². The van der Waals surface area contributed by atoms with Crippen LogP contribution in [0.15, 0.2) is 144 Å². The van der Waals surface area contributed by atoms with Crippen molar-refractivity contribution in [2.24, 2.45) is 0 Å². The maximum absolute atomic E-state index is 6.22. The Morgan fingerprint density at radius 1 is 0.442 bits per heavy atom. The van der Waals surface area contributed by atoms with E-state index >= 15 is 0 Å². The van der Waals surface area contributed by atoms with E-state index in [0.29, 0.717) is 0 Å². The Kier molecular flexibility index (Phi) is 4.99. The van der Waals surface area contributed by atoms with Crippen LogP contribution in [0.5, 0.6) is 0 Å². The fourth-order valence-electron chi connectivity index (χ4n) is 7.26. The van der Waals surface area contributed by atoms with Gasteiger partial charge in [-0.05, 0) is 98.4 Å². The van der Waals surface area contributed by atoms with Crippen LogP contribution < -0.4 is 4.90 Å². The summed E-state index contributed by atoms with van der Waals surface area (Å²) < 4.78 is 6.22. The van der Waals surface area contributed by atoms with Crippen molar-refractivity contribution in [1.29, 1.82) is 0 Å². The second kappa shape index (κ2) is 8.83. The predicted molar refractivity (Wildman–Crippen MR) is 181 cm³/mol. The van der Waals surface area contributed by atoms with E-state index in [-0.39, 0.29) is 5.41 Å². The van der Waals surface area contributed by atoms with Crippen LogP contribution in [-0.4, -0.2) is 0 Å². The first-order valence-electron chi connectivity index (χ1n) is 14.9. The van der Waals surface area contributed by atoms with Gasteiger partial charge in [0.25, 0.3) is 0 Å². The van der Waals surface area contributed by atoms with Crippen LogP contribution in [0.2, 0.25) is 0 Å². The normalized spacial score (nSPS) is 13.5. The molecule has 0 saturated carbocycles. The Morgan fingerprint density at radius 3 is 2.02 bits per heavy atom. The number of rotatable bonds is 3. The number of para-hydroxylation sites is 2. The van der Waals surface area contributed by atoms with Gasteiger partial charge in [-0.3, -0.25) is 0 Å². The highest BCUT2D eigenvalue weighted by Gasteiger charge is 2.35. The molecule has 1 aliphatic rings. The second-order valence-electron chi connectivity index (χ2n) is 12.2. The van der Waals surface area contributed by atoms with Crippen molar-refractivity contribution in [2.45, 2.75) is 19.3 Å². The van der Waals surface area contributed by atoms with E-state index in [0.717, 1.165) is 39.0 Å². The number of anilines is 3. The van der Waals surface area contributed by atoms with Crippen LogP contribution in [0.3, 0.4) is 0 Å². The van der Waals surface area contributed by atoms with Gasteiger partial charge in [0, 0.05) is 33.2 Å². The second-order valence-corrected chi connectivity index (χ2v) is 12.2. The van der Waals surface area contributed by atoms with E-state index in [1.165, 1.54) is 43.8 Å². The van der Waals surface area contributed by atoms with Crippen LogP contribution in [0.4, 0.5) is 17.1 Å². The van der Waals surface area contributed by atoms with E-state index in [4.69, 9.17) is 4.42 Å². The first kappa shape index (κ1) is 24.3. The first-order chi connectivity index (χ1) is 21.1. The van der Waals surface area contributed by atoms with Gasteiger partial charge in [0.2, 0.25) is 0 Å². The highest BCUT2D eigenvalue weighted by molar-refractivity contribution is 6.17. The third kappa shape index (κ3) is 3.53. The van der Waals surface area contributed by atoms with E-state index in [9.17, 15) is 0 Å². The third-order valence-electron chi connectivity index (χ3n) is 9.42. The molecule has 0 saturated heterocycles. The quantitative estimate of drug-likeness (QED) is 0.203. The maximum Gasteiger partial charge on any atom is 0.136 e. The molecule has 0 atom stereocenters. The van der Waals surface area contributed by atoms with Gasteiger partial charge in [-0.15, -0.1) is 0 Å². The van der Waals surface area contributed by atoms with E-state index in [1.54, 1.807) is 0 Å². The Bertz CT molecular complexity index is 2380. The highest BCUT2D eigenvalue weighted by atomic mass is 16.3. The SMILES string of the molecule is CC1(C)c2ccccc2-c2ccc(N(c3ccccc3)c3ccc4ccc5cc6oc7ccccc7c6cc5c4c3)cc21. The molecule has 2 nitrogen and oxygen atoms in total. The lowest BCUT2D eigenvalue weighted by atomic mass is 9.82. The summed E-state index contributed by atoms with van der Waals surface area (Å²) in [4.78, 5) is 2.39. The van der Waals surface area contributed by atoms with Gasteiger partial charge in [-0.2, -0.15) is 0 Å². The van der Waals surface area contributed by atoms with Crippen LogP contribution in [-0.2, 0) is 5.41 Å². The minimum Gasteiger partial charge on any atom is -0.456 e. The van der Waals surface area contributed by atoms with Crippen molar-refractivity contribution in [3.05, 3.63) is 151 Å². The molecule has 0 unspecified atom stereocenters. The van der Waals surface area contributed by atoms with Crippen molar-refractivity contribution < 1.29 is 4.42 Å². The minimum atomic E-state index is -0.0668. The lowest BCUT2D eigenvalue weighted by molar-refractivity contribution is 0.660. The fraction of sp³-hybridized carbons (Fsp3) is 0.0732. The van der Waals surface area contributed by atoms with Crippen LogP contribution >= 0.6 is 0 Å². The Morgan fingerprint density at radius 2 is 1.12 bits per heavy atom. The number of nitrogens with zero attached hydrogens (tertiary/aromatic N) is 1. The molecule has 0 bridgehead atoms. The molecule has 43 heavy (non-hydrogen) atoms. The fourth-order valence-corrected chi connectivity index (χ4v) is 7.26. The summed E-state index contributed by atoms with van der Waals surface area (Å²) >= 11 is 0. The van der Waals surface area contributed by atoms with Crippen molar-refractivity contribution >= 4 is 60.5 Å². The smallest absolute Gasteiger partial charge is 0.136 e. The van der Waals surface area contributed by atoms with E-state index < -0.39 is 0 Å². The number of benzene rings is 7. The van der Waals surface area contributed by atoms with Crippen molar-refractivity contribution in [3.63, 3.8) is 0 Å². The molecule has 0 radical (unpaired) electrons. The lowest BCUT2D eigenvalue weighted by Crippen LogP contribution is -2.16. The minimum absolute atomic E-state index is 0.0668. The molecule has 8 aromatic rings. The molecule has 1 aliphatic carbocycles. The third-order valence-corrected chi connectivity index (χ3v) is 9.42. The molecule has 1 heterocycles. The molecular weight excluding hydrogens is 522 g/mol. The van der Waals surface area contributed by atoms with Gasteiger partial charge in [-0.1, -0.05) is 98.8 Å². The number of hydrogen-bond donors (Lipinski definition) is 0. The topological polar surface area (TPSA) is 16.4 Å². The zero-order valence-corrected chi connectivity index (χ0v) is 24.1. The molecule has 0 N–H and O–H groups in total. The molecule has 0 spiro atoms. The molecule has 2 heteroatoms. The monoisotopic (exact) mass is 551 g/mol. The molecule has 7 aromatic carbocycles. The van der Waals surface area contributed by atoms with Crippen LogP contribution in [0.25, 0.3) is 54.6 Å². The number of fused-ring (bicyclic) bond motifs is 9. The maximum atomic E-state index is 6.22. The van der Waals surface area contributed by atoms with Gasteiger partial charge in [0.1, 0.15) is 11.2 Å². The van der Waals surface area contributed by atoms with Gasteiger partial charge in [-0.25, -0.2) is 0 Å². The zero-order chi connectivity index (χ0) is 28.7. The van der Waals surface area contributed by atoms with Gasteiger partial charge >= 0.3 is 0 Å². The number of furan rings is 1. The summed E-state index contributed by atoms with van der Waals surface area (Å²) in [5.74, 6) is 0. The molecule has 204 valence electrons. The number of hydrogen-bond acceptors (Lipinski definition) is 2. The molecular formula is C41H29NO. The van der Waals surface area contributed by atoms with E-state index in [1.807, 2.05) is 12.1 Å². The molecule has 0 amide bonds. The molecule has 9 rings (SSSR count). The summed E-state index contributed by atoms with van der Waals surface area (Å²) in [5, 5.41) is 7.18. The summed E-state index contributed by atoms with van der Waals surface area (Å²) in [5.41, 5.74) is 10.7. The standard InChI is InChI=1S/C41H29NO/c1-41(2)37-14-8-6-12-31(37)32-21-20-30(24-38(32)41)42(28-10-4-3-5-11-28)29-19-18-26-16-17-27-22-40-36(25-35(27)34(26)23-29)33-13-7-9-15-39(33)43-40/h3-25H,1-2H3. The van der Waals surface area contributed by atoms with E-state index in [2.05, 4.69) is 146 Å². The summed E-state index contributed by atoms with van der Waals surface area (Å²) in [7, 11) is 0. The summed E-state index contributed by atoms with van der Waals surface area (Å²) in [6, 6.07) is 50.6. The summed E-state index contributed by atoms with van der Waals surface area (Å²) in [6.45, 7) is 4.69. The Balaban J connectivity index is 1.27. The lowest BCUT2D eigenvalue weighted by Gasteiger charge is -2.28. The molecule has 0 fully saturated rings. The molecule has 0 aliphatic heterocycles. The molecule has 1 aromatic heterocycles. The Labute approximate surface area is 250 Å². The first-order valence-corrected chi connectivity index (χ1v) is 14.9.